The van der Waals surface area contributed by atoms with Gasteiger partial charge >= 0.3 is 0 Å². The summed E-state index contributed by atoms with van der Waals surface area (Å²) in [6, 6.07) is 6.19. The molecule has 1 aliphatic rings. The van der Waals surface area contributed by atoms with Crippen LogP contribution in [0.2, 0.25) is 5.02 Å². The number of piperidine rings is 1. The van der Waals surface area contributed by atoms with E-state index < -0.39 is 0 Å². The van der Waals surface area contributed by atoms with Gasteiger partial charge in [0, 0.05) is 10.7 Å². The van der Waals surface area contributed by atoms with Gasteiger partial charge in [-0.3, -0.25) is 0 Å². The number of nitrogens with zero attached hydrogens (tertiary/aromatic N) is 4. The molecule has 3 aromatic rings. The van der Waals surface area contributed by atoms with E-state index in [-0.39, 0.29) is 0 Å². The monoisotopic (exact) mass is 342 g/mol. The first kappa shape index (κ1) is 15.4. The minimum absolute atomic E-state index is 0.388. The molecule has 1 aliphatic heterocycles. The van der Waals surface area contributed by atoms with Gasteiger partial charge in [0.05, 0.1) is 17.6 Å². The number of aromatic nitrogens is 4. The van der Waals surface area contributed by atoms with E-state index in [1.54, 1.807) is 6.33 Å². The van der Waals surface area contributed by atoms with E-state index in [1.807, 2.05) is 36.0 Å². The van der Waals surface area contributed by atoms with Crippen molar-refractivity contribution in [3.63, 3.8) is 0 Å². The molecule has 0 amide bonds. The van der Waals surface area contributed by atoms with Crippen molar-refractivity contribution >= 4 is 34.1 Å². The first-order valence-electron chi connectivity index (χ1n) is 8.15. The second-order valence-corrected chi connectivity index (χ2v) is 6.47. The molecule has 1 aromatic carbocycles. The smallest absolute Gasteiger partial charge is 0.163 e. The number of fused-ring (bicyclic) bond motifs is 1. The second kappa shape index (κ2) is 6.37. The molecule has 6 nitrogen and oxygen atoms in total. The Labute approximate surface area is 145 Å². The molecule has 0 atom stereocenters. The predicted octanol–water partition coefficient (Wildman–Crippen LogP) is 3.46. The summed E-state index contributed by atoms with van der Waals surface area (Å²) in [7, 11) is 0. The fourth-order valence-corrected chi connectivity index (χ4v) is 3.33. The van der Waals surface area contributed by atoms with Crippen LogP contribution in [0.15, 0.2) is 30.7 Å². The fraction of sp³-hybridized carbons (Fsp3) is 0.353. The summed E-state index contributed by atoms with van der Waals surface area (Å²) in [5.74, 6) is 0.755. The molecule has 0 bridgehead atoms. The summed E-state index contributed by atoms with van der Waals surface area (Å²) in [6.07, 6.45) is 5.57. The van der Waals surface area contributed by atoms with E-state index in [0.29, 0.717) is 6.04 Å². The fourth-order valence-electron chi connectivity index (χ4n) is 3.15. The van der Waals surface area contributed by atoms with E-state index in [1.165, 1.54) is 0 Å². The summed E-state index contributed by atoms with van der Waals surface area (Å²) in [4.78, 5) is 8.86. The molecule has 3 heterocycles. The number of benzene rings is 1. The quantitative estimate of drug-likeness (QED) is 0.763. The van der Waals surface area contributed by atoms with Gasteiger partial charge in [0.25, 0.3) is 0 Å². The molecular formula is C17H19ClN6. The minimum atomic E-state index is 0.388. The van der Waals surface area contributed by atoms with Gasteiger partial charge in [-0.2, -0.15) is 5.10 Å². The van der Waals surface area contributed by atoms with Crippen molar-refractivity contribution in [3.8, 4) is 0 Å². The largest absolute Gasteiger partial charge is 0.339 e. The zero-order valence-corrected chi connectivity index (χ0v) is 14.2. The van der Waals surface area contributed by atoms with E-state index in [4.69, 9.17) is 11.6 Å². The lowest BCUT2D eigenvalue weighted by atomic mass is 10.1. The molecule has 124 valence electrons. The Morgan fingerprint density at radius 3 is 2.92 bits per heavy atom. The third kappa shape index (κ3) is 2.72. The van der Waals surface area contributed by atoms with Gasteiger partial charge in [0.2, 0.25) is 0 Å². The molecular weight excluding hydrogens is 324 g/mol. The molecule has 7 heteroatoms. The third-order valence-electron chi connectivity index (χ3n) is 4.57. The maximum Gasteiger partial charge on any atom is 0.163 e. The molecule has 0 radical (unpaired) electrons. The Morgan fingerprint density at radius 1 is 1.25 bits per heavy atom. The van der Waals surface area contributed by atoms with Crippen LogP contribution < -0.4 is 10.6 Å². The SMILES string of the molecule is Cc1c(Cl)cccc1Nc1ncnc2c1cnn2C1CCNCC1. The van der Waals surface area contributed by atoms with Crippen LogP contribution in [0.4, 0.5) is 11.5 Å². The zero-order chi connectivity index (χ0) is 16.5. The zero-order valence-electron chi connectivity index (χ0n) is 13.5. The maximum atomic E-state index is 6.21. The van der Waals surface area contributed by atoms with Gasteiger partial charge in [-0.05, 0) is 50.6 Å². The van der Waals surface area contributed by atoms with Gasteiger partial charge < -0.3 is 10.6 Å². The highest BCUT2D eigenvalue weighted by Crippen LogP contribution is 2.30. The number of hydrogen-bond acceptors (Lipinski definition) is 5. The van der Waals surface area contributed by atoms with Gasteiger partial charge in [-0.1, -0.05) is 17.7 Å². The van der Waals surface area contributed by atoms with Gasteiger partial charge in [0.15, 0.2) is 5.65 Å². The first-order chi connectivity index (χ1) is 11.7. The molecule has 2 aromatic heterocycles. The summed E-state index contributed by atoms with van der Waals surface area (Å²) in [5.41, 5.74) is 2.81. The van der Waals surface area contributed by atoms with Crippen molar-refractivity contribution in [3.05, 3.63) is 41.3 Å². The van der Waals surface area contributed by atoms with Crippen LogP contribution in [-0.2, 0) is 0 Å². The van der Waals surface area contributed by atoms with Crippen molar-refractivity contribution < 1.29 is 0 Å². The standard InChI is InChI=1S/C17H19ClN6/c1-11-14(18)3-2-4-15(11)23-16-13-9-22-24(17(13)21-10-20-16)12-5-7-19-8-6-12/h2-4,9-10,12,19H,5-8H2,1H3,(H,20,21,23). The van der Waals surface area contributed by atoms with Gasteiger partial charge in [-0.25, -0.2) is 14.6 Å². The van der Waals surface area contributed by atoms with Crippen molar-refractivity contribution in [2.75, 3.05) is 18.4 Å². The molecule has 2 N–H and O–H groups in total. The van der Waals surface area contributed by atoms with Gasteiger partial charge in [-0.15, -0.1) is 0 Å². The highest BCUT2D eigenvalue weighted by atomic mass is 35.5. The lowest BCUT2D eigenvalue weighted by Crippen LogP contribution is -2.29. The summed E-state index contributed by atoms with van der Waals surface area (Å²) >= 11 is 6.21. The average Bonchev–Trinajstić information content (AvgIpc) is 3.05. The van der Waals surface area contributed by atoms with Crippen LogP contribution in [0.25, 0.3) is 11.0 Å². The Morgan fingerprint density at radius 2 is 2.08 bits per heavy atom. The molecule has 24 heavy (non-hydrogen) atoms. The first-order valence-corrected chi connectivity index (χ1v) is 8.53. The molecule has 0 aliphatic carbocycles. The number of nitrogens with one attached hydrogen (secondary N) is 2. The molecule has 0 unspecified atom stereocenters. The Kier molecular flexibility index (Phi) is 4.08. The second-order valence-electron chi connectivity index (χ2n) is 6.07. The lowest BCUT2D eigenvalue weighted by Gasteiger charge is -2.23. The number of hydrogen-bond donors (Lipinski definition) is 2. The molecule has 4 rings (SSSR count). The Hall–Kier alpha value is -2.18. The maximum absolute atomic E-state index is 6.21. The highest BCUT2D eigenvalue weighted by molar-refractivity contribution is 6.31. The van der Waals surface area contributed by atoms with Crippen molar-refractivity contribution in [2.24, 2.45) is 0 Å². The predicted molar refractivity (Wildman–Crippen MR) is 95.9 cm³/mol. The van der Waals surface area contributed by atoms with Crippen LogP contribution in [0.1, 0.15) is 24.4 Å². The summed E-state index contributed by atoms with van der Waals surface area (Å²) in [6.45, 7) is 4.02. The van der Waals surface area contributed by atoms with Crippen LogP contribution in [0, 0.1) is 6.92 Å². The van der Waals surface area contributed by atoms with Crippen molar-refractivity contribution in [1.29, 1.82) is 0 Å². The molecule has 1 saturated heterocycles. The number of halogens is 1. The van der Waals surface area contributed by atoms with E-state index in [0.717, 1.165) is 59.1 Å². The third-order valence-corrected chi connectivity index (χ3v) is 4.98. The van der Waals surface area contributed by atoms with E-state index >= 15 is 0 Å². The number of rotatable bonds is 3. The molecule has 1 fully saturated rings. The molecule has 0 saturated carbocycles. The average molecular weight is 343 g/mol. The van der Waals surface area contributed by atoms with Crippen molar-refractivity contribution in [1.82, 2.24) is 25.1 Å². The van der Waals surface area contributed by atoms with Crippen molar-refractivity contribution in [2.45, 2.75) is 25.8 Å². The summed E-state index contributed by atoms with van der Waals surface area (Å²) in [5, 5.41) is 13.0. The van der Waals surface area contributed by atoms with Crippen LogP contribution in [-0.4, -0.2) is 32.8 Å². The Bertz CT molecular complexity index is 869. The Balaban J connectivity index is 1.72. The normalized spacial score (nSPS) is 15.8. The number of anilines is 2. The van der Waals surface area contributed by atoms with Crippen LogP contribution in [0.5, 0.6) is 0 Å². The van der Waals surface area contributed by atoms with Crippen LogP contribution >= 0.6 is 11.6 Å². The topological polar surface area (TPSA) is 67.7 Å². The highest BCUT2D eigenvalue weighted by Gasteiger charge is 2.20. The minimum Gasteiger partial charge on any atom is -0.339 e. The molecule has 0 spiro atoms. The van der Waals surface area contributed by atoms with Crippen LogP contribution in [0.3, 0.4) is 0 Å². The summed E-state index contributed by atoms with van der Waals surface area (Å²) < 4.78 is 2.04. The van der Waals surface area contributed by atoms with E-state index in [2.05, 4.69) is 25.7 Å². The van der Waals surface area contributed by atoms with Gasteiger partial charge in [0.1, 0.15) is 12.1 Å². The lowest BCUT2D eigenvalue weighted by molar-refractivity contribution is 0.349. The van der Waals surface area contributed by atoms with E-state index in [9.17, 15) is 0 Å².